The fourth-order valence-electron chi connectivity index (χ4n) is 2.35. The standard InChI is InChI=1S/C16H21N3O2/c1-10(2)21-13-8-4-11(5-9-13)16(3)14(20)18-15(19-16)17-12-6-7-12/h4-5,8-10,12H,6-7H2,1-3H3,(H2,17,18,19,20). The van der Waals surface area contributed by atoms with Gasteiger partial charge in [0.25, 0.3) is 5.91 Å². The summed E-state index contributed by atoms with van der Waals surface area (Å²) in [5.41, 5.74) is 0.126. The third-order valence-electron chi connectivity index (χ3n) is 3.72. The highest BCUT2D eigenvalue weighted by Gasteiger charge is 2.42. The summed E-state index contributed by atoms with van der Waals surface area (Å²) in [6, 6.07) is 8.00. The molecule has 1 heterocycles. The molecule has 0 aromatic heterocycles. The van der Waals surface area contributed by atoms with Gasteiger partial charge in [-0.3, -0.25) is 10.1 Å². The van der Waals surface area contributed by atoms with E-state index in [0.29, 0.717) is 12.0 Å². The number of carbonyl (C=O) groups is 1. The van der Waals surface area contributed by atoms with Gasteiger partial charge < -0.3 is 10.1 Å². The van der Waals surface area contributed by atoms with Crippen LogP contribution in [0.1, 0.15) is 39.2 Å². The lowest BCUT2D eigenvalue weighted by atomic mass is 9.92. The lowest BCUT2D eigenvalue weighted by molar-refractivity contribution is -0.123. The van der Waals surface area contributed by atoms with E-state index < -0.39 is 5.54 Å². The molecule has 1 unspecified atom stereocenters. The largest absolute Gasteiger partial charge is 0.491 e. The number of benzene rings is 1. The van der Waals surface area contributed by atoms with Crippen LogP contribution in [0.5, 0.6) is 5.75 Å². The number of aliphatic imine (C=N–C) groups is 1. The van der Waals surface area contributed by atoms with E-state index in [-0.39, 0.29) is 12.0 Å². The lowest BCUT2D eigenvalue weighted by Gasteiger charge is -2.22. The SMILES string of the molecule is CC(C)Oc1ccc(C2(C)NC(=NC3CC3)NC2=O)cc1. The molecule has 3 rings (SSSR count). The van der Waals surface area contributed by atoms with Gasteiger partial charge >= 0.3 is 0 Å². The Hall–Kier alpha value is -2.04. The Morgan fingerprint density at radius 2 is 1.95 bits per heavy atom. The summed E-state index contributed by atoms with van der Waals surface area (Å²) >= 11 is 0. The zero-order valence-corrected chi connectivity index (χ0v) is 12.6. The van der Waals surface area contributed by atoms with Gasteiger partial charge in [-0.2, -0.15) is 0 Å². The van der Waals surface area contributed by atoms with Crippen molar-refractivity contribution in [2.45, 2.75) is 51.3 Å². The van der Waals surface area contributed by atoms with Crippen LogP contribution in [0.15, 0.2) is 29.3 Å². The Bertz CT molecular complexity index is 576. The van der Waals surface area contributed by atoms with Crippen LogP contribution in [0.3, 0.4) is 0 Å². The summed E-state index contributed by atoms with van der Waals surface area (Å²) in [6.07, 6.45) is 2.36. The Labute approximate surface area is 124 Å². The second-order valence-electron chi connectivity index (χ2n) is 6.10. The maximum Gasteiger partial charge on any atom is 0.256 e. The van der Waals surface area contributed by atoms with Crippen LogP contribution < -0.4 is 15.4 Å². The van der Waals surface area contributed by atoms with Crippen LogP contribution in [0, 0.1) is 0 Å². The molecule has 1 aliphatic heterocycles. The van der Waals surface area contributed by atoms with Gasteiger partial charge in [0, 0.05) is 0 Å². The third-order valence-corrected chi connectivity index (χ3v) is 3.72. The van der Waals surface area contributed by atoms with E-state index in [9.17, 15) is 4.79 Å². The number of nitrogens with one attached hydrogen (secondary N) is 2. The number of amides is 1. The molecule has 0 bridgehead atoms. The molecule has 112 valence electrons. The molecule has 5 heteroatoms. The van der Waals surface area contributed by atoms with Crippen LogP contribution >= 0.6 is 0 Å². The molecule has 1 aromatic rings. The Morgan fingerprint density at radius 3 is 2.52 bits per heavy atom. The monoisotopic (exact) mass is 287 g/mol. The van der Waals surface area contributed by atoms with Crippen molar-refractivity contribution in [2.75, 3.05) is 0 Å². The minimum absolute atomic E-state index is 0.0700. The van der Waals surface area contributed by atoms with E-state index in [0.717, 1.165) is 24.2 Å². The molecule has 2 fully saturated rings. The van der Waals surface area contributed by atoms with E-state index in [1.54, 1.807) is 0 Å². The number of hydrogen-bond acceptors (Lipinski definition) is 3. The number of ether oxygens (including phenoxy) is 1. The fraction of sp³-hybridized carbons (Fsp3) is 0.500. The zero-order chi connectivity index (χ0) is 15.0. The van der Waals surface area contributed by atoms with Crippen molar-refractivity contribution in [3.05, 3.63) is 29.8 Å². The van der Waals surface area contributed by atoms with E-state index in [1.807, 2.05) is 45.0 Å². The van der Waals surface area contributed by atoms with Gasteiger partial charge in [0.15, 0.2) is 5.96 Å². The fourth-order valence-corrected chi connectivity index (χ4v) is 2.35. The van der Waals surface area contributed by atoms with Crippen LogP contribution in [0.4, 0.5) is 0 Å². The highest BCUT2D eigenvalue weighted by atomic mass is 16.5. The van der Waals surface area contributed by atoms with Crippen molar-refractivity contribution < 1.29 is 9.53 Å². The minimum atomic E-state index is -0.774. The summed E-state index contributed by atoms with van der Waals surface area (Å²) in [7, 11) is 0. The lowest BCUT2D eigenvalue weighted by Crippen LogP contribution is -2.40. The number of guanidine groups is 1. The molecule has 1 aromatic carbocycles. The predicted octanol–water partition coefficient (Wildman–Crippen LogP) is 1.93. The Morgan fingerprint density at radius 1 is 1.29 bits per heavy atom. The quantitative estimate of drug-likeness (QED) is 0.889. The molecular weight excluding hydrogens is 266 g/mol. The molecule has 1 atom stereocenters. The van der Waals surface area contributed by atoms with Crippen molar-refractivity contribution >= 4 is 11.9 Å². The molecule has 0 spiro atoms. The molecule has 1 aliphatic carbocycles. The van der Waals surface area contributed by atoms with Gasteiger partial charge in [0.1, 0.15) is 11.3 Å². The second kappa shape index (κ2) is 5.06. The van der Waals surface area contributed by atoms with Crippen molar-refractivity contribution in [1.29, 1.82) is 0 Å². The zero-order valence-electron chi connectivity index (χ0n) is 12.6. The van der Waals surface area contributed by atoms with Crippen LogP contribution in [-0.2, 0) is 10.3 Å². The van der Waals surface area contributed by atoms with E-state index in [4.69, 9.17) is 4.74 Å². The van der Waals surface area contributed by atoms with Gasteiger partial charge in [-0.25, -0.2) is 4.99 Å². The Balaban J connectivity index is 1.79. The summed E-state index contributed by atoms with van der Waals surface area (Å²) < 4.78 is 5.63. The molecule has 1 amide bonds. The van der Waals surface area contributed by atoms with E-state index in [2.05, 4.69) is 15.6 Å². The van der Waals surface area contributed by atoms with Gasteiger partial charge in [-0.05, 0) is 51.3 Å². The summed E-state index contributed by atoms with van der Waals surface area (Å²) in [6.45, 7) is 5.85. The van der Waals surface area contributed by atoms with Gasteiger partial charge in [0.05, 0.1) is 12.1 Å². The molecule has 1 saturated heterocycles. The number of nitrogens with zero attached hydrogens (tertiary/aromatic N) is 1. The maximum absolute atomic E-state index is 12.3. The minimum Gasteiger partial charge on any atom is -0.491 e. The normalized spacial score (nSPS) is 26.9. The first-order valence-electron chi connectivity index (χ1n) is 7.42. The van der Waals surface area contributed by atoms with Crippen molar-refractivity contribution in [1.82, 2.24) is 10.6 Å². The number of carbonyl (C=O) groups excluding carboxylic acids is 1. The van der Waals surface area contributed by atoms with Crippen LogP contribution in [-0.4, -0.2) is 24.0 Å². The van der Waals surface area contributed by atoms with Gasteiger partial charge in [-0.1, -0.05) is 12.1 Å². The van der Waals surface area contributed by atoms with Gasteiger partial charge in [0.2, 0.25) is 0 Å². The molecule has 5 nitrogen and oxygen atoms in total. The first kappa shape index (κ1) is 13.9. The smallest absolute Gasteiger partial charge is 0.256 e. The molecule has 1 saturated carbocycles. The summed E-state index contributed by atoms with van der Waals surface area (Å²) in [5, 5.41) is 6.04. The van der Waals surface area contributed by atoms with Crippen molar-refractivity contribution in [3.63, 3.8) is 0 Å². The second-order valence-corrected chi connectivity index (χ2v) is 6.10. The molecular formula is C16H21N3O2. The Kier molecular flexibility index (Phi) is 3.35. The van der Waals surface area contributed by atoms with Crippen LogP contribution in [0.2, 0.25) is 0 Å². The third kappa shape index (κ3) is 2.86. The first-order chi connectivity index (χ1) is 9.97. The number of rotatable bonds is 4. The highest BCUT2D eigenvalue weighted by Crippen LogP contribution is 2.28. The maximum atomic E-state index is 12.3. The van der Waals surface area contributed by atoms with E-state index >= 15 is 0 Å². The van der Waals surface area contributed by atoms with Crippen molar-refractivity contribution in [2.24, 2.45) is 4.99 Å². The summed E-state index contributed by atoms with van der Waals surface area (Å²) in [5.74, 6) is 1.33. The number of hydrogen-bond donors (Lipinski definition) is 2. The van der Waals surface area contributed by atoms with Crippen molar-refractivity contribution in [3.8, 4) is 5.75 Å². The van der Waals surface area contributed by atoms with Crippen LogP contribution in [0.25, 0.3) is 0 Å². The molecule has 21 heavy (non-hydrogen) atoms. The average molecular weight is 287 g/mol. The van der Waals surface area contributed by atoms with E-state index in [1.165, 1.54) is 0 Å². The molecule has 0 radical (unpaired) electrons. The predicted molar refractivity (Wildman–Crippen MR) is 81.3 cm³/mol. The summed E-state index contributed by atoms with van der Waals surface area (Å²) in [4.78, 5) is 16.8. The highest BCUT2D eigenvalue weighted by molar-refractivity contribution is 6.09. The first-order valence-corrected chi connectivity index (χ1v) is 7.42. The molecule has 2 aliphatic rings. The average Bonchev–Trinajstić information content (AvgIpc) is 3.17. The molecule has 2 N–H and O–H groups in total. The van der Waals surface area contributed by atoms with Gasteiger partial charge in [-0.15, -0.1) is 0 Å². The topological polar surface area (TPSA) is 62.7 Å².